The van der Waals surface area contributed by atoms with E-state index in [0.717, 1.165) is 83.6 Å². The third-order valence-electron chi connectivity index (χ3n) is 12.4. The smallest absolute Gasteiger partial charge is 0.143 e. The molecular formula is C60H40N2O. The van der Waals surface area contributed by atoms with Crippen LogP contribution in [0.15, 0.2) is 247 Å². The van der Waals surface area contributed by atoms with Crippen molar-refractivity contribution >= 4 is 60.8 Å². The minimum atomic E-state index is 0.900. The second-order valence-corrected chi connectivity index (χ2v) is 16.0. The van der Waals surface area contributed by atoms with Crippen molar-refractivity contribution in [3.05, 3.63) is 243 Å². The second kappa shape index (κ2) is 15.3. The lowest BCUT2D eigenvalue weighted by Crippen LogP contribution is -2.12. The standard InChI is InChI=1S/C60H40N2O/c1-2-17-41(18-3-1)46-19-4-10-27-54(46)61(45-39-37-44(38-40-45)49-25-16-26-53-52-24-9-15-32-59(52)63-60(49)53)55-28-11-5-20-47(55)42-33-35-43(36-34-42)48-21-6-12-29-56(48)62-57-30-13-7-22-50(57)51-23-8-14-31-58(51)62/h1-40H. The molecule has 2 heterocycles. The molecular weight excluding hydrogens is 765 g/mol. The SMILES string of the molecule is c1ccc(-c2ccccc2N(c2ccc(-c3cccc4c3oc3ccccc34)cc2)c2ccccc2-c2ccc(-c3ccccc3-n3c4ccccc4c4ccccc43)cc2)cc1. The molecule has 2 aromatic heterocycles. The topological polar surface area (TPSA) is 21.3 Å². The van der Waals surface area contributed by atoms with Crippen molar-refractivity contribution in [2.45, 2.75) is 0 Å². The van der Waals surface area contributed by atoms with Gasteiger partial charge in [-0.1, -0.05) is 194 Å². The number of para-hydroxylation sites is 7. The monoisotopic (exact) mass is 804 g/mol. The summed E-state index contributed by atoms with van der Waals surface area (Å²) in [4.78, 5) is 2.41. The lowest BCUT2D eigenvalue weighted by molar-refractivity contribution is 0.670. The second-order valence-electron chi connectivity index (χ2n) is 16.0. The molecule has 63 heavy (non-hydrogen) atoms. The van der Waals surface area contributed by atoms with Crippen LogP contribution < -0.4 is 4.90 Å². The van der Waals surface area contributed by atoms with Gasteiger partial charge in [-0.25, -0.2) is 0 Å². The molecule has 296 valence electrons. The van der Waals surface area contributed by atoms with E-state index in [1.807, 2.05) is 12.1 Å². The highest BCUT2D eigenvalue weighted by molar-refractivity contribution is 6.11. The maximum atomic E-state index is 6.47. The van der Waals surface area contributed by atoms with Gasteiger partial charge in [0.2, 0.25) is 0 Å². The van der Waals surface area contributed by atoms with Crippen LogP contribution in [0.2, 0.25) is 0 Å². The molecule has 3 heteroatoms. The molecule has 0 aliphatic carbocycles. The summed E-state index contributed by atoms with van der Waals surface area (Å²) in [6.45, 7) is 0. The van der Waals surface area contributed by atoms with E-state index < -0.39 is 0 Å². The van der Waals surface area contributed by atoms with Crippen LogP contribution in [0.1, 0.15) is 0 Å². The van der Waals surface area contributed by atoms with Crippen LogP contribution >= 0.6 is 0 Å². The fraction of sp³-hybridized carbons (Fsp3) is 0. The van der Waals surface area contributed by atoms with E-state index in [4.69, 9.17) is 4.42 Å². The first-order valence-corrected chi connectivity index (χ1v) is 21.5. The van der Waals surface area contributed by atoms with Crippen molar-refractivity contribution in [1.82, 2.24) is 4.57 Å². The molecule has 10 aromatic carbocycles. The predicted octanol–water partition coefficient (Wildman–Crippen LogP) is 16.8. The van der Waals surface area contributed by atoms with E-state index in [1.54, 1.807) is 0 Å². The van der Waals surface area contributed by atoms with E-state index in [1.165, 1.54) is 27.4 Å². The number of fused-ring (bicyclic) bond motifs is 6. The molecule has 0 amide bonds. The molecule has 0 fully saturated rings. The van der Waals surface area contributed by atoms with Crippen LogP contribution in [-0.4, -0.2) is 4.57 Å². The first-order chi connectivity index (χ1) is 31.3. The van der Waals surface area contributed by atoms with Crippen molar-refractivity contribution in [2.24, 2.45) is 0 Å². The van der Waals surface area contributed by atoms with Gasteiger partial charge in [-0.05, 0) is 70.8 Å². The first kappa shape index (κ1) is 36.5. The average Bonchev–Trinajstić information content (AvgIpc) is 3.91. The Kier molecular flexibility index (Phi) is 8.83. The minimum absolute atomic E-state index is 0.900. The lowest BCUT2D eigenvalue weighted by atomic mass is 9.96. The molecule has 0 saturated heterocycles. The van der Waals surface area contributed by atoms with E-state index in [2.05, 4.69) is 240 Å². The van der Waals surface area contributed by atoms with Gasteiger partial charge < -0.3 is 13.9 Å². The Morgan fingerprint density at radius 1 is 0.302 bits per heavy atom. The normalized spacial score (nSPS) is 11.5. The van der Waals surface area contributed by atoms with Gasteiger partial charge in [0.05, 0.1) is 28.1 Å². The van der Waals surface area contributed by atoms with Gasteiger partial charge >= 0.3 is 0 Å². The van der Waals surface area contributed by atoms with E-state index in [0.29, 0.717) is 0 Å². The minimum Gasteiger partial charge on any atom is -0.455 e. The molecule has 0 N–H and O–H groups in total. The summed E-state index contributed by atoms with van der Waals surface area (Å²) in [6, 6.07) is 87.0. The van der Waals surface area contributed by atoms with Crippen molar-refractivity contribution < 1.29 is 4.42 Å². The van der Waals surface area contributed by atoms with Gasteiger partial charge in [0.1, 0.15) is 11.2 Å². The van der Waals surface area contributed by atoms with Gasteiger partial charge in [0.25, 0.3) is 0 Å². The highest BCUT2D eigenvalue weighted by atomic mass is 16.3. The molecule has 0 aliphatic heterocycles. The third-order valence-corrected chi connectivity index (χ3v) is 12.4. The number of aromatic nitrogens is 1. The number of hydrogen-bond acceptors (Lipinski definition) is 2. The fourth-order valence-electron chi connectivity index (χ4n) is 9.54. The molecule has 0 aliphatic rings. The third kappa shape index (κ3) is 6.21. The van der Waals surface area contributed by atoms with Crippen molar-refractivity contribution in [1.29, 1.82) is 0 Å². The zero-order chi connectivity index (χ0) is 41.7. The number of rotatable bonds is 8. The van der Waals surface area contributed by atoms with Gasteiger partial charge in [-0.15, -0.1) is 0 Å². The predicted molar refractivity (Wildman–Crippen MR) is 264 cm³/mol. The van der Waals surface area contributed by atoms with Gasteiger partial charge in [0.15, 0.2) is 0 Å². The zero-order valence-electron chi connectivity index (χ0n) is 34.4. The van der Waals surface area contributed by atoms with E-state index >= 15 is 0 Å². The van der Waals surface area contributed by atoms with Gasteiger partial charge in [0, 0.05) is 49.5 Å². The quantitative estimate of drug-likeness (QED) is 0.153. The van der Waals surface area contributed by atoms with Gasteiger partial charge in [-0.3, -0.25) is 0 Å². The van der Waals surface area contributed by atoms with Crippen molar-refractivity contribution in [3.8, 4) is 50.2 Å². The average molecular weight is 805 g/mol. The van der Waals surface area contributed by atoms with Crippen molar-refractivity contribution in [3.63, 3.8) is 0 Å². The number of hydrogen-bond donors (Lipinski definition) is 0. The Morgan fingerprint density at radius 2 is 0.746 bits per heavy atom. The Bertz CT molecular complexity index is 3560. The molecule has 12 aromatic rings. The summed E-state index contributed by atoms with van der Waals surface area (Å²) in [5.74, 6) is 0. The summed E-state index contributed by atoms with van der Waals surface area (Å²) in [5, 5.41) is 4.77. The fourth-order valence-corrected chi connectivity index (χ4v) is 9.54. The van der Waals surface area contributed by atoms with Crippen LogP contribution in [-0.2, 0) is 0 Å². The van der Waals surface area contributed by atoms with E-state index in [9.17, 15) is 0 Å². The molecule has 12 rings (SSSR count). The molecule has 0 saturated carbocycles. The highest BCUT2D eigenvalue weighted by Gasteiger charge is 2.22. The highest BCUT2D eigenvalue weighted by Crippen LogP contribution is 2.46. The number of benzene rings is 10. The largest absolute Gasteiger partial charge is 0.455 e. The molecule has 0 atom stereocenters. The number of anilines is 3. The number of nitrogens with zero attached hydrogens (tertiary/aromatic N) is 2. The van der Waals surface area contributed by atoms with Crippen LogP contribution in [0.5, 0.6) is 0 Å². The van der Waals surface area contributed by atoms with Crippen LogP contribution in [0.3, 0.4) is 0 Å². The van der Waals surface area contributed by atoms with Crippen LogP contribution in [0, 0.1) is 0 Å². The lowest BCUT2D eigenvalue weighted by Gasteiger charge is -2.30. The Morgan fingerprint density at radius 3 is 1.41 bits per heavy atom. The molecule has 0 radical (unpaired) electrons. The maximum absolute atomic E-state index is 6.47. The summed E-state index contributed by atoms with van der Waals surface area (Å²) < 4.78 is 8.88. The van der Waals surface area contributed by atoms with Crippen molar-refractivity contribution in [2.75, 3.05) is 4.90 Å². The number of furan rings is 1. The van der Waals surface area contributed by atoms with Gasteiger partial charge in [-0.2, -0.15) is 0 Å². The Balaban J connectivity index is 0.978. The summed E-state index contributed by atoms with van der Waals surface area (Å²) in [5.41, 5.74) is 17.7. The Hall–Kier alpha value is -8.40. The molecule has 3 nitrogen and oxygen atoms in total. The zero-order valence-corrected chi connectivity index (χ0v) is 34.4. The summed E-state index contributed by atoms with van der Waals surface area (Å²) >= 11 is 0. The maximum Gasteiger partial charge on any atom is 0.143 e. The molecule has 0 spiro atoms. The molecule has 0 bridgehead atoms. The van der Waals surface area contributed by atoms with Crippen LogP contribution in [0.25, 0.3) is 93.9 Å². The summed E-state index contributed by atoms with van der Waals surface area (Å²) in [6.07, 6.45) is 0. The summed E-state index contributed by atoms with van der Waals surface area (Å²) in [7, 11) is 0. The molecule has 0 unspecified atom stereocenters. The first-order valence-electron chi connectivity index (χ1n) is 21.5. The van der Waals surface area contributed by atoms with Crippen LogP contribution in [0.4, 0.5) is 17.1 Å². The van der Waals surface area contributed by atoms with E-state index in [-0.39, 0.29) is 0 Å². The Labute approximate surface area is 366 Å².